The van der Waals surface area contributed by atoms with Gasteiger partial charge in [0.25, 0.3) is 0 Å². The van der Waals surface area contributed by atoms with Gasteiger partial charge in [-0.15, -0.1) is 0 Å². The Morgan fingerprint density at radius 1 is 1.09 bits per heavy atom. The Bertz CT molecular complexity index is 541. The highest BCUT2D eigenvalue weighted by atomic mass is 16.5. The van der Waals surface area contributed by atoms with Crippen molar-refractivity contribution in [3.8, 4) is 5.75 Å². The highest BCUT2D eigenvalue weighted by Crippen LogP contribution is 2.28. The first-order valence-corrected chi connectivity index (χ1v) is 8.57. The molecule has 5 heteroatoms. The molecule has 0 saturated carbocycles. The molecule has 1 aromatic carbocycles. The zero-order valence-electron chi connectivity index (χ0n) is 14.2. The minimum atomic E-state index is 0.0848. The molecule has 3 rings (SSSR count). The quantitative estimate of drug-likeness (QED) is 0.852. The fourth-order valence-corrected chi connectivity index (χ4v) is 3.66. The maximum atomic E-state index is 12.8. The molecule has 2 aliphatic heterocycles. The van der Waals surface area contributed by atoms with Gasteiger partial charge in [-0.2, -0.15) is 0 Å². The van der Waals surface area contributed by atoms with Gasteiger partial charge in [0.15, 0.2) is 0 Å². The lowest BCUT2D eigenvalue weighted by molar-refractivity contribution is -0.137. The Balaban J connectivity index is 1.61. The summed E-state index contributed by atoms with van der Waals surface area (Å²) in [5.41, 5.74) is 1.12. The second-order valence-electron chi connectivity index (χ2n) is 6.48. The fraction of sp³-hybridized carbons (Fsp3) is 0.611. The Labute approximate surface area is 138 Å². The van der Waals surface area contributed by atoms with Crippen LogP contribution >= 0.6 is 0 Å². The predicted molar refractivity (Wildman–Crippen MR) is 92.1 cm³/mol. The topological polar surface area (TPSA) is 36.0 Å². The number of piperazine rings is 1. The third-order valence-corrected chi connectivity index (χ3v) is 5.07. The summed E-state index contributed by atoms with van der Waals surface area (Å²) >= 11 is 0. The van der Waals surface area contributed by atoms with Crippen molar-refractivity contribution in [1.29, 1.82) is 0 Å². The number of para-hydroxylation sites is 2. The molecule has 23 heavy (non-hydrogen) atoms. The lowest BCUT2D eigenvalue weighted by Crippen LogP contribution is -2.55. The number of carbonyl (C=O) groups excluding carboxylic acids is 1. The molecular weight excluding hydrogens is 290 g/mol. The van der Waals surface area contributed by atoms with Crippen LogP contribution in [0.2, 0.25) is 0 Å². The van der Waals surface area contributed by atoms with Crippen LogP contribution in [0.5, 0.6) is 5.75 Å². The lowest BCUT2D eigenvalue weighted by atomic mass is 10.0. The molecule has 1 atom stereocenters. The van der Waals surface area contributed by atoms with Crippen LogP contribution in [0.4, 0.5) is 5.69 Å². The first kappa shape index (κ1) is 16.1. The minimum Gasteiger partial charge on any atom is -0.495 e. The molecule has 2 saturated heterocycles. The summed E-state index contributed by atoms with van der Waals surface area (Å²) in [4.78, 5) is 19.3. The van der Waals surface area contributed by atoms with Crippen LogP contribution in [0, 0.1) is 0 Å². The smallest absolute Gasteiger partial charge is 0.240 e. The van der Waals surface area contributed by atoms with Crippen LogP contribution < -0.4 is 9.64 Å². The van der Waals surface area contributed by atoms with E-state index in [4.69, 9.17) is 4.74 Å². The van der Waals surface area contributed by atoms with Crippen LogP contribution in [0.1, 0.15) is 19.3 Å². The molecular formula is C18H27N3O2. The molecule has 0 N–H and O–H groups in total. The van der Waals surface area contributed by atoms with E-state index in [0.717, 1.165) is 50.6 Å². The van der Waals surface area contributed by atoms with Crippen LogP contribution in [-0.4, -0.2) is 68.6 Å². The zero-order chi connectivity index (χ0) is 16.2. The minimum absolute atomic E-state index is 0.0848. The third kappa shape index (κ3) is 3.44. The number of hydrogen-bond acceptors (Lipinski definition) is 4. The number of carbonyl (C=O) groups is 1. The van der Waals surface area contributed by atoms with Crippen LogP contribution in [0.3, 0.4) is 0 Å². The standard InChI is InChI=1S/C18H27N3O2/c1-19-10-6-5-8-16(19)18(22)21-13-11-20(12-14-21)15-7-3-4-9-17(15)23-2/h3-4,7,9,16H,5-6,8,10-14H2,1-2H3. The molecule has 0 radical (unpaired) electrons. The van der Waals surface area contributed by atoms with Gasteiger partial charge < -0.3 is 14.5 Å². The summed E-state index contributed by atoms with van der Waals surface area (Å²) in [6, 6.07) is 8.18. The average Bonchev–Trinajstić information content (AvgIpc) is 2.61. The maximum Gasteiger partial charge on any atom is 0.240 e. The molecule has 126 valence electrons. The van der Waals surface area contributed by atoms with E-state index in [1.165, 1.54) is 12.8 Å². The Hall–Kier alpha value is -1.75. The van der Waals surface area contributed by atoms with Crippen LogP contribution in [0.15, 0.2) is 24.3 Å². The summed E-state index contributed by atoms with van der Waals surface area (Å²) in [7, 11) is 3.78. The number of ether oxygens (including phenoxy) is 1. The van der Waals surface area contributed by atoms with Gasteiger partial charge in [0.1, 0.15) is 5.75 Å². The van der Waals surface area contributed by atoms with Crippen molar-refractivity contribution in [2.24, 2.45) is 0 Å². The Kier molecular flexibility index (Phi) is 5.06. The number of anilines is 1. The molecule has 2 aliphatic rings. The molecule has 0 spiro atoms. The molecule has 2 heterocycles. The van der Waals surface area contributed by atoms with Gasteiger partial charge in [0.2, 0.25) is 5.91 Å². The van der Waals surface area contributed by atoms with Crippen molar-refractivity contribution < 1.29 is 9.53 Å². The summed E-state index contributed by atoms with van der Waals surface area (Å²) < 4.78 is 5.45. The van der Waals surface area contributed by atoms with E-state index in [1.807, 2.05) is 23.1 Å². The van der Waals surface area contributed by atoms with Gasteiger partial charge in [-0.1, -0.05) is 18.6 Å². The zero-order valence-corrected chi connectivity index (χ0v) is 14.2. The molecule has 1 unspecified atom stereocenters. The van der Waals surface area contributed by atoms with Crippen LogP contribution in [-0.2, 0) is 4.79 Å². The Morgan fingerprint density at radius 3 is 2.52 bits per heavy atom. The van der Waals surface area contributed by atoms with Crippen molar-refractivity contribution in [3.63, 3.8) is 0 Å². The van der Waals surface area contributed by atoms with E-state index in [2.05, 4.69) is 22.9 Å². The third-order valence-electron chi connectivity index (χ3n) is 5.07. The monoisotopic (exact) mass is 317 g/mol. The largest absolute Gasteiger partial charge is 0.495 e. The number of nitrogens with zero attached hydrogens (tertiary/aromatic N) is 3. The summed E-state index contributed by atoms with van der Waals surface area (Å²) in [6.07, 6.45) is 3.38. The van der Waals surface area contributed by atoms with Gasteiger partial charge in [0, 0.05) is 26.2 Å². The van der Waals surface area contributed by atoms with Crippen molar-refractivity contribution >= 4 is 11.6 Å². The van der Waals surface area contributed by atoms with Crippen molar-refractivity contribution in [3.05, 3.63) is 24.3 Å². The Morgan fingerprint density at radius 2 is 1.83 bits per heavy atom. The van der Waals surface area contributed by atoms with E-state index in [1.54, 1.807) is 7.11 Å². The number of rotatable bonds is 3. The maximum absolute atomic E-state index is 12.8. The van der Waals surface area contributed by atoms with Gasteiger partial charge >= 0.3 is 0 Å². The first-order valence-electron chi connectivity index (χ1n) is 8.57. The number of likely N-dealkylation sites (tertiary alicyclic amines) is 1. The number of amides is 1. The first-order chi connectivity index (χ1) is 11.2. The van der Waals surface area contributed by atoms with E-state index in [0.29, 0.717) is 5.91 Å². The van der Waals surface area contributed by atoms with Crippen molar-refractivity contribution in [2.45, 2.75) is 25.3 Å². The van der Waals surface area contributed by atoms with Crippen molar-refractivity contribution in [1.82, 2.24) is 9.80 Å². The highest BCUT2D eigenvalue weighted by Gasteiger charge is 2.31. The summed E-state index contributed by atoms with van der Waals surface area (Å²) in [5, 5.41) is 0. The second-order valence-corrected chi connectivity index (χ2v) is 6.48. The van der Waals surface area contributed by atoms with E-state index >= 15 is 0 Å². The molecule has 0 aromatic heterocycles. The summed E-state index contributed by atoms with van der Waals surface area (Å²) in [6.45, 7) is 4.35. The normalized spacial score (nSPS) is 23.0. The number of piperidine rings is 1. The lowest BCUT2D eigenvalue weighted by Gasteiger charge is -2.40. The van der Waals surface area contributed by atoms with E-state index < -0.39 is 0 Å². The fourth-order valence-electron chi connectivity index (χ4n) is 3.66. The number of hydrogen-bond donors (Lipinski definition) is 0. The summed E-state index contributed by atoms with van der Waals surface area (Å²) in [5.74, 6) is 1.21. The molecule has 5 nitrogen and oxygen atoms in total. The van der Waals surface area contributed by atoms with Gasteiger partial charge in [-0.05, 0) is 38.6 Å². The van der Waals surface area contributed by atoms with Crippen LogP contribution in [0.25, 0.3) is 0 Å². The molecule has 1 amide bonds. The van der Waals surface area contributed by atoms with Gasteiger partial charge in [-0.3, -0.25) is 9.69 Å². The number of benzene rings is 1. The highest BCUT2D eigenvalue weighted by molar-refractivity contribution is 5.82. The number of methoxy groups -OCH3 is 1. The molecule has 0 aliphatic carbocycles. The predicted octanol–water partition coefficient (Wildman–Crippen LogP) is 1.83. The molecule has 1 aromatic rings. The second kappa shape index (κ2) is 7.21. The average molecular weight is 317 g/mol. The molecule has 0 bridgehead atoms. The number of likely N-dealkylation sites (N-methyl/N-ethyl adjacent to an activating group) is 1. The van der Waals surface area contributed by atoms with Gasteiger partial charge in [0.05, 0.1) is 18.8 Å². The van der Waals surface area contributed by atoms with E-state index in [-0.39, 0.29) is 6.04 Å². The van der Waals surface area contributed by atoms with Gasteiger partial charge in [-0.25, -0.2) is 0 Å². The van der Waals surface area contributed by atoms with Crippen molar-refractivity contribution in [2.75, 3.05) is 51.8 Å². The molecule has 2 fully saturated rings. The van der Waals surface area contributed by atoms with E-state index in [9.17, 15) is 4.79 Å². The SMILES string of the molecule is COc1ccccc1N1CCN(C(=O)C2CCCCN2C)CC1.